The predicted molar refractivity (Wildman–Crippen MR) is 75.5 cm³/mol. The number of hydrogen-bond donors (Lipinski definition) is 2. The minimum absolute atomic E-state index is 0.0799. The summed E-state index contributed by atoms with van der Waals surface area (Å²) in [6, 6.07) is 7.57. The first kappa shape index (κ1) is 14.4. The highest BCUT2D eigenvalue weighted by molar-refractivity contribution is 5.81. The van der Waals surface area contributed by atoms with Gasteiger partial charge in [-0.1, -0.05) is 29.8 Å². The Labute approximate surface area is 118 Å². The van der Waals surface area contributed by atoms with Crippen LogP contribution in [0.4, 0.5) is 4.79 Å². The van der Waals surface area contributed by atoms with E-state index in [0.29, 0.717) is 0 Å². The molecule has 1 aromatic rings. The van der Waals surface area contributed by atoms with E-state index in [1.807, 2.05) is 38.1 Å². The molecule has 0 bridgehead atoms. The Morgan fingerprint density at radius 3 is 2.45 bits per heavy atom. The lowest BCUT2D eigenvalue weighted by Gasteiger charge is -2.23. The number of urea groups is 1. The van der Waals surface area contributed by atoms with Gasteiger partial charge in [0.25, 0.3) is 0 Å². The largest absolute Gasteiger partial charge is 0.480 e. The second kappa shape index (κ2) is 5.94. The molecule has 2 amide bonds. The number of carboxylic acid groups (broad SMARTS) is 1. The average molecular weight is 276 g/mol. The number of benzene rings is 1. The van der Waals surface area contributed by atoms with Crippen LogP contribution in [0.2, 0.25) is 0 Å². The molecule has 1 unspecified atom stereocenters. The molecule has 2 N–H and O–H groups in total. The summed E-state index contributed by atoms with van der Waals surface area (Å²) in [6.45, 7) is 3.67. The fourth-order valence-electron chi connectivity index (χ4n) is 2.11. The summed E-state index contributed by atoms with van der Waals surface area (Å²) < 4.78 is 0. The molecule has 1 aliphatic carbocycles. The van der Waals surface area contributed by atoms with Crippen LogP contribution in [-0.4, -0.2) is 34.6 Å². The van der Waals surface area contributed by atoms with Crippen LogP contribution in [0.1, 0.15) is 36.9 Å². The van der Waals surface area contributed by atoms with Crippen molar-refractivity contribution in [2.24, 2.45) is 0 Å². The zero-order valence-electron chi connectivity index (χ0n) is 11.8. The van der Waals surface area contributed by atoms with Crippen LogP contribution in [0.5, 0.6) is 0 Å². The van der Waals surface area contributed by atoms with Crippen molar-refractivity contribution >= 4 is 12.0 Å². The van der Waals surface area contributed by atoms with Crippen LogP contribution in [0, 0.1) is 6.92 Å². The maximum absolute atomic E-state index is 12.2. The molecule has 0 spiro atoms. The summed E-state index contributed by atoms with van der Waals surface area (Å²) in [6.07, 6.45) is 1.78. The molecule has 5 nitrogen and oxygen atoms in total. The van der Waals surface area contributed by atoms with Crippen molar-refractivity contribution in [2.45, 2.75) is 38.8 Å². The number of carbonyl (C=O) groups excluding carboxylic acids is 1. The first-order valence-electron chi connectivity index (χ1n) is 6.83. The third-order valence-corrected chi connectivity index (χ3v) is 3.47. The standard InChI is InChI=1S/C15H20N2O3/c1-10-3-5-12(6-4-10)11(2)16-15(20)17(9-14(18)19)13-7-8-13/h3-6,11,13H,7-9H2,1-2H3,(H,16,20)(H,18,19). The summed E-state index contributed by atoms with van der Waals surface area (Å²) in [5, 5.41) is 11.7. The van der Waals surface area contributed by atoms with Gasteiger partial charge in [-0.3, -0.25) is 4.79 Å². The van der Waals surface area contributed by atoms with E-state index in [1.165, 1.54) is 4.90 Å². The summed E-state index contributed by atoms with van der Waals surface area (Å²) in [4.78, 5) is 24.4. The molecule has 0 saturated heterocycles. The Balaban J connectivity index is 1.98. The Bertz CT molecular complexity index is 494. The number of aryl methyl sites for hydroxylation is 1. The monoisotopic (exact) mass is 276 g/mol. The fourth-order valence-corrected chi connectivity index (χ4v) is 2.11. The van der Waals surface area contributed by atoms with Gasteiger partial charge in [0.2, 0.25) is 0 Å². The molecular weight excluding hydrogens is 256 g/mol. The zero-order chi connectivity index (χ0) is 14.7. The smallest absolute Gasteiger partial charge is 0.323 e. The maximum atomic E-state index is 12.2. The highest BCUT2D eigenvalue weighted by Crippen LogP contribution is 2.27. The third-order valence-electron chi connectivity index (χ3n) is 3.47. The van der Waals surface area contributed by atoms with Crippen molar-refractivity contribution in [3.8, 4) is 0 Å². The normalized spacial score (nSPS) is 15.5. The predicted octanol–water partition coefficient (Wildman–Crippen LogP) is 2.31. The maximum Gasteiger partial charge on any atom is 0.323 e. The van der Waals surface area contributed by atoms with E-state index in [-0.39, 0.29) is 24.7 Å². The molecular formula is C15H20N2O3. The van der Waals surface area contributed by atoms with Gasteiger partial charge in [-0.25, -0.2) is 4.79 Å². The van der Waals surface area contributed by atoms with Crippen molar-refractivity contribution in [1.82, 2.24) is 10.2 Å². The second-order valence-electron chi connectivity index (χ2n) is 5.33. The van der Waals surface area contributed by atoms with Gasteiger partial charge in [0.15, 0.2) is 0 Å². The van der Waals surface area contributed by atoms with E-state index >= 15 is 0 Å². The van der Waals surface area contributed by atoms with Gasteiger partial charge in [-0.05, 0) is 32.3 Å². The molecule has 1 saturated carbocycles. The van der Waals surface area contributed by atoms with Gasteiger partial charge < -0.3 is 15.3 Å². The number of nitrogens with zero attached hydrogens (tertiary/aromatic N) is 1. The molecule has 108 valence electrons. The van der Waals surface area contributed by atoms with Gasteiger partial charge in [-0.15, -0.1) is 0 Å². The number of rotatable bonds is 5. The topological polar surface area (TPSA) is 69.6 Å². The van der Waals surface area contributed by atoms with Gasteiger partial charge in [0.1, 0.15) is 6.54 Å². The molecule has 1 fully saturated rings. The van der Waals surface area contributed by atoms with Gasteiger partial charge in [0.05, 0.1) is 6.04 Å². The van der Waals surface area contributed by atoms with Crippen molar-refractivity contribution in [2.75, 3.05) is 6.54 Å². The quantitative estimate of drug-likeness (QED) is 0.867. The number of amides is 2. The van der Waals surface area contributed by atoms with Gasteiger partial charge in [0, 0.05) is 6.04 Å². The summed E-state index contributed by atoms with van der Waals surface area (Å²) in [7, 11) is 0. The van der Waals surface area contributed by atoms with Gasteiger partial charge >= 0.3 is 12.0 Å². The summed E-state index contributed by atoms with van der Waals surface area (Å²) in [5.74, 6) is -0.977. The lowest BCUT2D eigenvalue weighted by atomic mass is 10.1. The van der Waals surface area contributed by atoms with E-state index in [2.05, 4.69) is 5.32 Å². The van der Waals surface area contributed by atoms with E-state index in [0.717, 1.165) is 24.0 Å². The van der Waals surface area contributed by atoms with E-state index in [4.69, 9.17) is 5.11 Å². The van der Waals surface area contributed by atoms with Crippen LogP contribution in [-0.2, 0) is 4.79 Å². The molecule has 0 aliphatic heterocycles. The lowest BCUT2D eigenvalue weighted by Crippen LogP contribution is -2.44. The number of carbonyl (C=O) groups is 2. The Kier molecular flexibility index (Phi) is 4.27. The summed E-state index contributed by atoms with van der Waals surface area (Å²) >= 11 is 0. The zero-order valence-corrected chi connectivity index (χ0v) is 11.8. The second-order valence-corrected chi connectivity index (χ2v) is 5.33. The Hall–Kier alpha value is -2.04. The van der Waals surface area contributed by atoms with Crippen LogP contribution in [0.15, 0.2) is 24.3 Å². The molecule has 1 aliphatic rings. The highest BCUT2D eigenvalue weighted by atomic mass is 16.4. The van der Waals surface area contributed by atoms with Crippen LogP contribution < -0.4 is 5.32 Å². The molecule has 5 heteroatoms. The number of nitrogens with one attached hydrogen (secondary N) is 1. The number of aliphatic carboxylic acids is 1. The molecule has 1 aromatic carbocycles. The lowest BCUT2D eigenvalue weighted by molar-refractivity contribution is -0.137. The van der Waals surface area contributed by atoms with Crippen molar-refractivity contribution in [1.29, 1.82) is 0 Å². The molecule has 0 aromatic heterocycles. The van der Waals surface area contributed by atoms with Crippen molar-refractivity contribution in [3.05, 3.63) is 35.4 Å². The number of carboxylic acids is 1. The molecule has 1 atom stereocenters. The van der Waals surface area contributed by atoms with Crippen LogP contribution in [0.3, 0.4) is 0 Å². The number of hydrogen-bond acceptors (Lipinski definition) is 2. The highest BCUT2D eigenvalue weighted by Gasteiger charge is 2.34. The fraction of sp³-hybridized carbons (Fsp3) is 0.467. The first-order chi connectivity index (χ1) is 9.47. The van der Waals surface area contributed by atoms with Crippen LogP contribution in [0.25, 0.3) is 0 Å². The third kappa shape index (κ3) is 3.73. The molecule has 2 rings (SSSR count). The Morgan fingerprint density at radius 1 is 1.35 bits per heavy atom. The average Bonchev–Trinajstić information content (AvgIpc) is 3.20. The molecule has 0 heterocycles. The minimum atomic E-state index is -0.977. The molecule has 20 heavy (non-hydrogen) atoms. The minimum Gasteiger partial charge on any atom is -0.480 e. The van der Waals surface area contributed by atoms with E-state index < -0.39 is 5.97 Å². The Morgan fingerprint density at radius 2 is 1.95 bits per heavy atom. The SMILES string of the molecule is Cc1ccc(C(C)NC(=O)N(CC(=O)O)C2CC2)cc1. The first-order valence-corrected chi connectivity index (χ1v) is 6.83. The van der Waals surface area contributed by atoms with Crippen LogP contribution >= 0.6 is 0 Å². The van der Waals surface area contributed by atoms with Gasteiger partial charge in [-0.2, -0.15) is 0 Å². The van der Waals surface area contributed by atoms with Crippen molar-refractivity contribution in [3.63, 3.8) is 0 Å². The van der Waals surface area contributed by atoms with E-state index in [9.17, 15) is 9.59 Å². The summed E-state index contributed by atoms with van der Waals surface area (Å²) in [5.41, 5.74) is 2.17. The van der Waals surface area contributed by atoms with E-state index in [1.54, 1.807) is 0 Å². The molecule has 0 radical (unpaired) electrons. The van der Waals surface area contributed by atoms with Crippen molar-refractivity contribution < 1.29 is 14.7 Å².